The molecule has 1 aromatic carbocycles. The first-order valence-corrected chi connectivity index (χ1v) is 7.19. The van der Waals surface area contributed by atoms with Gasteiger partial charge in [0.1, 0.15) is 0 Å². The van der Waals surface area contributed by atoms with E-state index in [1.54, 1.807) is 4.90 Å². The number of nitrogens with zero attached hydrogens (tertiary/aromatic N) is 1. The van der Waals surface area contributed by atoms with Gasteiger partial charge in [-0.05, 0) is 17.5 Å². The molecule has 5 nitrogen and oxygen atoms in total. The lowest BCUT2D eigenvalue weighted by molar-refractivity contribution is 0.0763. The molecule has 2 heterocycles. The van der Waals surface area contributed by atoms with Gasteiger partial charge in [0.25, 0.3) is 0 Å². The van der Waals surface area contributed by atoms with Gasteiger partial charge in [-0.25, -0.2) is 4.79 Å². The fourth-order valence-corrected chi connectivity index (χ4v) is 3.28. The lowest BCUT2D eigenvalue weighted by atomic mass is 9.85. The summed E-state index contributed by atoms with van der Waals surface area (Å²) in [5, 5.41) is 3.38. The highest BCUT2D eigenvalue weighted by atomic mass is 16.5. The standard InChI is InChI=1S/C15H21N3O2/c16-15(19)18-7-5-11-3-1-2-4-13(11)14(18)12-9-17-6-8-20-10-12/h1-4,12,14,17H,5-10H2,(H2,16,19)/t12-,14?/m0/s1. The number of nitrogens with one attached hydrogen (secondary N) is 1. The summed E-state index contributed by atoms with van der Waals surface area (Å²) in [6.45, 7) is 3.79. The van der Waals surface area contributed by atoms with Crippen LogP contribution in [0.3, 0.4) is 0 Å². The van der Waals surface area contributed by atoms with Gasteiger partial charge in [-0.3, -0.25) is 0 Å². The van der Waals surface area contributed by atoms with Crippen LogP contribution in [0.2, 0.25) is 0 Å². The van der Waals surface area contributed by atoms with Crippen molar-refractivity contribution < 1.29 is 9.53 Å². The molecule has 20 heavy (non-hydrogen) atoms. The second-order valence-electron chi connectivity index (χ2n) is 5.46. The van der Waals surface area contributed by atoms with Gasteiger partial charge in [-0.1, -0.05) is 24.3 Å². The van der Waals surface area contributed by atoms with Crippen LogP contribution in [0.4, 0.5) is 4.79 Å². The molecule has 3 N–H and O–H groups in total. The summed E-state index contributed by atoms with van der Waals surface area (Å²) in [4.78, 5) is 13.6. The molecule has 0 spiro atoms. The summed E-state index contributed by atoms with van der Waals surface area (Å²) >= 11 is 0. The van der Waals surface area contributed by atoms with Crippen LogP contribution < -0.4 is 11.1 Å². The third kappa shape index (κ3) is 2.51. The summed E-state index contributed by atoms with van der Waals surface area (Å²) < 4.78 is 5.66. The molecule has 0 aromatic heterocycles. The van der Waals surface area contributed by atoms with Crippen molar-refractivity contribution in [1.82, 2.24) is 10.2 Å². The van der Waals surface area contributed by atoms with E-state index in [4.69, 9.17) is 10.5 Å². The largest absolute Gasteiger partial charge is 0.380 e. The predicted octanol–water partition coefficient (Wildman–Crippen LogP) is 0.901. The molecule has 108 valence electrons. The highest BCUT2D eigenvalue weighted by Crippen LogP contribution is 2.35. The van der Waals surface area contributed by atoms with Gasteiger partial charge in [-0.2, -0.15) is 0 Å². The Hall–Kier alpha value is -1.59. The molecular formula is C15H21N3O2. The lowest BCUT2D eigenvalue weighted by Crippen LogP contribution is -2.48. The van der Waals surface area contributed by atoms with Gasteiger partial charge >= 0.3 is 6.03 Å². The molecule has 2 aliphatic rings. The molecule has 1 aromatic rings. The summed E-state index contributed by atoms with van der Waals surface area (Å²) in [6.07, 6.45) is 0.872. The third-order valence-corrected chi connectivity index (χ3v) is 4.22. The summed E-state index contributed by atoms with van der Waals surface area (Å²) in [6, 6.07) is 8.02. The third-order valence-electron chi connectivity index (χ3n) is 4.22. The zero-order chi connectivity index (χ0) is 13.9. The van der Waals surface area contributed by atoms with Crippen molar-refractivity contribution in [2.45, 2.75) is 12.5 Å². The first-order valence-electron chi connectivity index (χ1n) is 7.19. The summed E-state index contributed by atoms with van der Waals surface area (Å²) in [5.74, 6) is 0.242. The van der Waals surface area contributed by atoms with Crippen molar-refractivity contribution in [1.29, 1.82) is 0 Å². The molecule has 5 heteroatoms. The van der Waals surface area contributed by atoms with E-state index in [-0.39, 0.29) is 18.0 Å². The van der Waals surface area contributed by atoms with Crippen molar-refractivity contribution in [2.75, 3.05) is 32.8 Å². The number of hydrogen-bond acceptors (Lipinski definition) is 3. The van der Waals surface area contributed by atoms with Crippen LogP contribution in [0, 0.1) is 5.92 Å². The lowest BCUT2D eigenvalue weighted by Gasteiger charge is -2.40. The van der Waals surface area contributed by atoms with E-state index >= 15 is 0 Å². The number of amides is 2. The first-order chi connectivity index (χ1) is 9.77. The van der Waals surface area contributed by atoms with E-state index in [2.05, 4.69) is 23.5 Å². The van der Waals surface area contributed by atoms with Crippen LogP contribution in [0.5, 0.6) is 0 Å². The smallest absolute Gasteiger partial charge is 0.315 e. The van der Waals surface area contributed by atoms with Gasteiger partial charge in [0.15, 0.2) is 0 Å². The molecule has 0 radical (unpaired) electrons. The summed E-state index contributed by atoms with van der Waals surface area (Å²) in [5.41, 5.74) is 8.12. The molecule has 2 amide bonds. The maximum atomic E-state index is 11.8. The number of nitrogens with two attached hydrogens (primary N) is 1. The van der Waals surface area contributed by atoms with E-state index in [1.165, 1.54) is 11.1 Å². The van der Waals surface area contributed by atoms with Crippen LogP contribution in [0.15, 0.2) is 24.3 Å². The monoisotopic (exact) mass is 275 g/mol. The number of carbonyl (C=O) groups excluding carboxylic acids is 1. The Bertz CT molecular complexity index is 484. The first kappa shape index (κ1) is 13.4. The number of primary amides is 1. The molecule has 1 unspecified atom stereocenters. The normalized spacial score (nSPS) is 26.7. The van der Waals surface area contributed by atoms with Crippen molar-refractivity contribution >= 4 is 6.03 Å². The molecule has 2 aliphatic heterocycles. The maximum absolute atomic E-state index is 11.8. The molecule has 0 aliphatic carbocycles. The van der Waals surface area contributed by atoms with Crippen molar-refractivity contribution in [3.05, 3.63) is 35.4 Å². The van der Waals surface area contributed by atoms with E-state index in [0.29, 0.717) is 13.2 Å². The number of urea groups is 1. The number of ether oxygens (including phenoxy) is 1. The molecule has 0 saturated carbocycles. The highest BCUT2D eigenvalue weighted by molar-refractivity contribution is 5.73. The fourth-order valence-electron chi connectivity index (χ4n) is 3.28. The highest BCUT2D eigenvalue weighted by Gasteiger charge is 2.35. The van der Waals surface area contributed by atoms with Crippen LogP contribution in [-0.2, 0) is 11.2 Å². The number of carbonyl (C=O) groups is 1. The van der Waals surface area contributed by atoms with Crippen LogP contribution in [0.25, 0.3) is 0 Å². The Morgan fingerprint density at radius 1 is 1.40 bits per heavy atom. The minimum absolute atomic E-state index is 0.0167. The van der Waals surface area contributed by atoms with E-state index in [9.17, 15) is 4.79 Å². The second-order valence-corrected chi connectivity index (χ2v) is 5.46. The van der Waals surface area contributed by atoms with E-state index in [0.717, 1.165) is 26.1 Å². The predicted molar refractivity (Wildman–Crippen MR) is 76.4 cm³/mol. The molecule has 0 bridgehead atoms. The Balaban J connectivity index is 1.95. The number of hydrogen-bond donors (Lipinski definition) is 2. The van der Waals surface area contributed by atoms with Gasteiger partial charge in [0.05, 0.1) is 19.3 Å². The zero-order valence-electron chi connectivity index (χ0n) is 11.5. The molecular weight excluding hydrogens is 254 g/mol. The van der Waals surface area contributed by atoms with Gasteiger partial charge < -0.3 is 20.7 Å². The van der Waals surface area contributed by atoms with Crippen LogP contribution in [-0.4, -0.2) is 43.8 Å². The quantitative estimate of drug-likeness (QED) is 0.800. The Kier molecular flexibility index (Phi) is 3.89. The molecule has 2 atom stereocenters. The zero-order valence-corrected chi connectivity index (χ0v) is 11.5. The van der Waals surface area contributed by atoms with Gasteiger partial charge in [0.2, 0.25) is 0 Å². The second kappa shape index (κ2) is 5.81. The SMILES string of the molecule is NC(=O)N1CCc2ccccc2C1[C@H]1CNCCOC1. The topological polar surface area (TPSA) is 67.6 Å². The molecule has 1 saturated heterocycles. The van der Waals surface area contributed by atoms with E-state index < -0.39 is 0 Å². The Morgan fingerprint density at radius 3 is 3.10 bits per heavy atom. The van der Waals surface area contributed by atoms with Gasteiger partial charge in [-0.15, -0.1) is 0 Å². The average molecular weight is 275 g/mol. The number of fused-ring (bicyclic) bond motifs is 1. The Morgan fingerprint density at radius 2 is 2.25 bits per heavy atom. The van der Waals surface area contributed by atoms with E-state index in [1.807, 2.05) is 6.07 Å². The summed E-state index contributed by atoms with van der Waals surface area (Å²) in [7, 11) is 0. The van der Waals surface area contributed by atoms with Crippen LogP contribution >= 0.6 is 0 Å². The number of benzene rings is 1. The fraction of sp³-hybridized carbons (Fsp3) is 0.533. The average Bonchev–Trinajstić information content (AvgIpc) is 2.74. The minimum atomic E-state index is -0.339. The maximum Gasteiger partial charge on any atom is 0.315 e. The van der Waals surface area contributed by atoms with Gasteiger partial charge in [0, 0.05) is 25.6 Å². The minimum Gasteiger partial charge on any atom is -0.380 e. The van der Waals surface area contributed by atoms with Crippen molar-refractivity contribution in [3.8, 4) is 0 Å². The Labute approximate surface area is 119 Å². The van der Waals surface area contributed by atoms with Crippen molar-refractivity contribution in [2.24, 2.45) is 11.7 Å². The molecule has 3 rings (SSSR count). The van der Waals surface area contributed by atoms with Crippen LogP contribution in [0.1, 0.15) is 17.2 Å². The molecule has 1 fully saturated rings. The number of rotatable bonds is 1. The van der Waals surface area contributed by atoms with Crippen molar-refractivity contribution in [3.63, 3.8) is 0 Å².